The highest BCUT2D eigenvalue weighted by atomic mass is 19.1. The maximum atomic E-state index is 13.1. The van der Waals surface area contributed by atoms with E-state index in [0.717, 1.165) is 18.4 Å². The molecule has 1 aliphatic carbocycles. The van der Waals surface area contributed by atoms with Crippen LogP contribution in [0.25, 0.3) is 0 Å². The molecule has 28 heavy (non-hydrogen) atoms. The van der Waals surface area contributed by atoms with E-state index in [2.05, 4.69) is 5.32 Å². The third-order valence-corrected chi connectivity index (χ3v) is 6.61. The molecule has 2 amide bonds. The molecule has 2 saturated heterocycles. The van der Waals surface area contributed by atoms with Crippen molar-refractivity contribution >= 4 is 11.8 Å². The topological polar surface area (TPSA) is 102 Å². The SMILES string of the molecule is O=C(NO)C1CC2(CC2)CNC1C(=O)N1CCC(c2ccc(F)cc2)[C@H](O)C1. The summed E-state index contributed by atoms with van der Waals surface area (Å²) in [7, 11) is 0. The summed E-state index contributed by atoms with van der Waals surface area (Å²) in [5.41, 5.74) is 2.62. The van der Waals surface area contributed by atoms with Gasteiger partial charge in [0.15, 0.2) is 0 Å². The average Bonchev–Trinajstić information content (AvgIpc) is 3.46. The molecule has 152 valence electrons. The third-order valence-electron chi connectivity index (χ3n) is 6.61. The molecule has 1 saturated carbocycles. The Hall–Kier alpha value is -2.03. The Bertz CT molecular complexity index is 752. The first-order valence-corrected chi connectivity index (χ1v) is 9.82. The minimum Gasteiger partial charge on any atom is -0.391 e. The summed E-state index contributed by atoms with van der Waals surface area (Å²) >= 11 is 0. The lowest BCUT2D eigenvalue weighted by Crippen LogP contribution is -2.60. The van der Waals surface area contributed by atoms with Crippen molar-refractivity contribution in [3.8, 4) is 0 Å². The Labute approximate surface area is 162 Å². The zero-order valence-electron chi connectivity index (χ0n) is 15.6. The van der Waals surface area contributed by atoms with Crippen LogP contribution in [-0.2, 0) is 9.59 Å². The molecule has 8 heteroatoms. The second kappa shape index (κ2) is 7.42. The lowest BCUT2D eigenvalue weighted by atomic mass is 9.80. The molecule has 0 bridgehead atoms. The summed E-state index contributed by atoms with van der Waals surface area (Å²) in [4.78, 5) is 26.8. The number of nitrogens with zero attached hydrogens (tertiary/aromatic N) is 1. The largest absolute Gasteiger partial charge is 0.391 e. The van der Waals surface area contributed by atoms with Gasteiger partial charge in [0.1, 0.15) is 5.82 Å². The van der Waals surface area contributed by atoms with Gasteiger partial charge in [-0.2, -0.15) is 0 Å². The molecule has 3 fully saturated rings. The first-order valence-electron chi connectivity index (χ1n) is 9.82. The van der Waals surface area contributed by atoms with Crippen LogP contribution < -0.4 is 10.8 Å². The molecule has 1 aromatic carbocycles. The number of hydroxylamine groups is 1. The van der Waals surface area contributed by atoms with E-state index in [1.807, 2.05) is 0 Å². The van der Waals surface area contributed by atoms with Gasteiger partial charge in [0, 0.05) is 25.6 Å². The van der Waals surface area contributed by atoms with Gasteiger partial charge in [-0.1, -0.05) is 12.1 Å². The van der Waals surface area contributed by atoms with Crippen molar-refractivity contribution in [3.05, 3.63) is 35.6 Å². The Balaban J connectivity index is 1.43. The van der Waals surface area contributed by atoms with Crippen LogP contribution in [0.4, 0.5) is 4.39 Å². The Morgan fingerprint density at radius 1 is 1.25 bits per heavy atom. The minimum atomic E-state index is -0.758. The number of benzene rings is 1. The number of rotatable bonds is 3. The standard InChI is InChI=1S/C20H26FN3O4/c21-13-3-1-12(2-4-13)14-5-8-24(10-16(14)25)19(27)17-15(18(26)23-28)9-20(6-7-20)11-22-17/h1-4,14-17,22,25,28H,5-11H2,(H,23,26)/t14?,15?,16-,17?/m1/s1. The summed E-state index contributed by atoms with van der Waals surface area (Å²) in [6.07, 6.45) is 2.44. The molecule has 2 heterocycles. The monoisotopic (exact) mass is 391 g/mol. The minimum absolute atomic E-state index is 0.0725. The van der Waals surface area contributed by atoms with Crippen molar-refractivity contribution in [1.29, 1.82) is 0 Å². The Morgan fingerprint density at radius 2 is 1.96 bits per heavy atom. The molecular weight excluding hydrogens is 365 g/mol. The molecule has 7 nitrogen and oxygen atoms in total. The molecule has 3 aliphatic rings. The van der Waals surface area contributed by atoms with Crippen LogP contribution in [0.5, 0.6) is 0 Å². The van der Waals surface area contributed by atoms with Gasteiger partial charge in [0.2, 0.25) is 11.8 Å². The van der Waals surface area contributed by atoms with E-state index in [9.17, 15) is 19.1 Å². The lowest BCUT2D eigenvalue weighted by molar-refractivity contribution is -0.146. The normalized spacial score (nSPS) is 31.5. The summed E-state index contributed by atoms with van der Waals surface area (Å²) < 4.78 is 13.1. The molecule has 0 aromatic heterocycles. The highest BCUT2D eigenvalue weighted by molar-refractivity contribution is 5.90. The molecule has 3 unspecified atom stereocenters. The number of carbonyl (C=O) groups is 2. The van der Waals surface area contributed by atoms with E-state index in [0.29, 0.717) is 25.9 Å². The average molecular weight is 391 g/mol. The van der Waals surface area contributed by atoms with Crippen molar-refractivity contribution in [1.82, 2.24) is 15.7 Å². The number of hydrogen-bond donors (Lipinski definition) is 4. The third kappa shape index (κ3) is 3.64. The number of halogens is 1. The Morgan fingerprint density at radius 3 is 2.57 bits per heavy atom. The fourth-order valence-corrected chi connectivity index (χ4v) is 4.70. The predicted molar refractivity (Wildman–Crippen MR) is 97.8 cm³/mol. The Kier molecular flexibility index (Phi) is 5.11. The zero-order chi connectivity index (χ0) is 19.9. The predicted octanol–water partition coefficient (Wildman–Crippen LogP) is 0.766. The van der Waals surface area contributed by atoms with Crippen LogP contribution in [0.3, 0.4) is 0 Å². The number of likely N-dealkylation sites (tertiary alicyclic amines) is 1. The lowest BCUT2D eigenvalue weighted by Gasteiger charge is -2.41. The number of β-amino-alcohol motifs (C(OH)–C–C–N with tert-alkyl or cyclic N) is 1. The first kappa shape index (κ1) is 19.3. The maximum absolute atomic E-state index is 13.1. The second-order valence-electron chi connectivity index (χ2n) is 8.44. The van der Waals surface area contributed by atoms with E-state index >= 15 is 0 Å². The van der Waals surface area contributed by atoms with Crippen molar-refractivity contribution in [2.75, 3.05) is 19.6 Å². The molecule has 4 rings (SSSR count). The van der Waals surface area contributed by atoms with Gasteiger partial charge in [0.25, 0.3) is 0 Å². The van der Waals surface area contributed by atoms with E-state index in [4.69, 9.17) is 5.21 Å². The van der Waals surface area contributed by atoms with E-state index in [1.54, 1.807) is 22.5 Å². The van der Waals surface area contributed by atoms with Crippen LogP contribution in [0, 0.1) is 17.2 Å². The number of nitrogens with one attached hydrogen (secondary N) is 2. The van der Waals surface area contributed by atoms with E-state index in [1.165, 1.54) is 12.1 Å². The van der Waals surface area contributed by atoms with Crippen LogP contribution in [0.2, 0.25) is 0 Å². The van der Waals surface area contributed by atoms with Gasteiger partial charge in [-0.15, -0.1) is 0 Å². The zero-order valence-corrected chi connectivity index (χ0v) is 15.6. The van der Waals surface area contributed by atoms with Crippen LogP contribution in [0.1, 0.15) is 37.2 Å². The van der Waals surface area contributed by atoms with Crippen LogP contribution >= 0.6 is 0 Å². The maximum Gasteiger partial charge on any atom is 0.248 e. The van der Waals surface area contributed by atoms with Gasteiger partial charge in [-0.05, 0) is 48.8 Å². The molecule has 1 spiro atoms. The van der Waals surface area contributed by atoms with E-state index < -0.39 is 24.0 Å². The molecule has 4 N–H and O–H groups in total. The summed E-state index contributed by atoms with van der Waals surface area (Å²) in [5.74, 6) is -1.87. The highest BCUT2D eigenvalue weighted by Crippen LogP contribution is 2.52. The fraction of sp³-hybridized carbons (Fsp3) is 0.600. The van der Waals surface area contributed by atoms with Gasteiger partial charge in [-0.25, -0.2) is 9.87 Å². The van der Waals surface area contributed by atoms with Gasteiger partial charge in [-0.3, -0.25) is 14.8 Å². The number of hydrogen-bond acceptors (Lipinski definition) is 5. The summed E-state index contributed by atoms with van der Waals surface area (Å²) in [5, 5.41) is 22.9. The highest BCUT2D eigenvalue weighted by Gasteiger charge is 2.53. The number of piperidine rings is 2. The van der Waals surface area contributed by atoms with E-state index in [-0.39, 0.29) is 29.6 Å². The summed E-state index contributed by atoms with van der Waals surface area (Å²) in [6.45, 7) is 1.31. The van der Waals surface area contributed by atoms with Gasteiger partial charge in [0.05, 0.1) is 18.1 Å². The van der Waals surface area contributed by atoms with Crippen molar-refractivity contribution in [2.45, 2.75) is 43.7 Å². The number of aliphatic hydroxyl groups excluding tert-OH is 1. The second-order valence-corrected chi connectivity index (χ2v) is 8.44. The number of aliphatic hydroxyl groups is 1. The number of amides is 2. The van der Waals surface area contributed by atoms with Crippen molar-refractivity contribution in [2.24, 2.45) is 11.3 Å². The van der Waals surface area contributed by atoms with Crippen molar-refractivity contribution < 1.29 is 24.3 Å². The quantitative estimate of drug-likeness (QED) is 0.450. The van der Waals surface area contributed by atoms with Crippen molar-refractivity contribution in [3.63, 3.8) is 0 Å². The number of carbonyl (C=O) groups excluding carboxylic acids is 2. The van der Waals surface area contributed by atoms with Gasteiger partial charge >= 0.3 is 0 Å². The molecular formula is C20H26FN3O4. The van der Waals surface area contributed by atoms with Crippen LogP contribution in [0.15, 0.2) is 24.3 Å². The molecule has 2 aliphatic heterocycles. The molecule has 4 atom stereocenters. The fourth-order valence-electron chi connectivity index (χ4n) is 4.70. The molecule has 1 aromatic rings. The molecule has 0 radical (unpaired) electrons. The van der Waals surface area contributed by atoms with Gasteiger partial charge < -0.3 is 15.3 Å². The summed E-state index contributed by atoms with van der Waals surface area (Å²) in [6, 6.07) is 5.38. The first-order chi connectivity index (χ1) is 13.4. The smallest absolute Gasteiger partial charge is 0.248 e. The van der Waals surface area contributed by atoms with Crippen LogP contribution in [-0.4, -0.2) is 58.8 Å².